The van der Waals surface area contributed by atoms with Crippen LogP contribution in [0.4, 0.5) is 5.69 Å². The number of hydrogen-bond acceptors (Lipinski definition) is 3. The van der Waals surface area contributed by atoms with Gasteiger partial charge in [-0.15, -0.1) is 0 Å². The second kappa shape index (κ2) is 4.02. The standard InChI is InChI=1S/C12H10ClNO2/c1-7-2-5-11(16-7)12(15)9-6-8(13)3-4-10(9)14/h2-6H,14H2,1H3. The van der Waals surface area contributed by atoms with Crippen LogP contribution in [0, 0.1) is 6.92 Å². The number of nitrogens with two attached hydrogens (primary N) is 1. The number of nitrogen functional groups attached to an aromatic ring is 1. The fourth-order valence-corrected chi connectivity index (χ4v) is 1.59. The number of benzene rings is 1. The molecule has 16 heavy (non-hydrogen) atoms. The number of hydrogen-bond donors (Lipinski definition) is 1. The first-order valence-electron chi connectivity index (χ1n) is 4.74. The molecule has 1 aromatic heterocycles. The zero-order valence-electron chi connectivity index (χ0n) is 8.66. The van der Waals surface area contributed by atoms with Crippen LogP contribution < -0.4 is 5.73 Å². The minimum absolute atomic E-state index is 0.256. The number of carbonyl (C=O) groups excluding carboxylic acids is 1. The van der Waals surface area contributed by atoms with Crippen molar-refractivity contribution in [3.8, 4) is 0 Å². The third-order valence-corrected chi connectivity index (χ3v) is 2.46. The van der Waals surface area contributed by atoms with Gasteiger partial charge in [0, 0.05) is 10.7 Å². The first-order chi connectivity index (χ1) is 7.58. The molecule has 2 aromatic rings. The molecule has 2 rings (SSSR count). The predicted octanol–water partition coefficient (Wildman–Crippen LogP) is 3.05. The molecule has 0 bridgehead atoms. The largest absolute Gasteiger partial charge is 0.458 e. The second-order valence-electron chi connectivity index (χ2n) is 3.47. The Morgan fingerprint density at radius 1 is 1.31 bits per heavy atom. The van der Waals surface area contributed by atoms with Crippen LogP contribution in [0.3, 0.4) is 0 Å². The van der Waals surface area contributed by atoms with Gasteiger partial charge in [0.25, 0.3) is 0 Å². The Morgan fingerprint density at radius 2 is 2.06 bits per heavy atom. The van der Waals surface area contributed by atoms with E-state index in [-0.39, 0.29) is 11.5 Å². The van der Waals surface area contributed by atoms with Crippen molar-refractivity contribution in [2.45, 2.75) is 6.92 Å². The Labute approximate surface area is 97.8 Å². The Morgan fingerprint density at radius 3 is 2.69 bits per heavy atom. The molecule has 0 amide bonds. The van der Waals surface area contributed by atoms with E-state index >= 15 is 0 Å². The van der Waals surface area contributed by atoms with E-state index in [4.69, 9.17) is 21.8 Å². The summed E-state index contributed by atoms with van der Waals surface area (Å²) in [5, 5.41) is 0.473. The maximum atomic E-state index is 12.0. The van der Waals surface area contributed by atoms with E-state index in [9.17, 15) is 4.79 Å². The van der Waals surface area contributed by atoms with Gasteiger partial charge in [-0.2, -0.15) is 0 Å². The van der Waals surface area contributed by atoms with E-state index in [0.29, 0.717) is 22.0 Å². The van der Waals surface area contributed by atoms with Crippen LogP contribution >= 0.6 is 11.6 Å². The molecule has 4 heteroatoms. The van der Waals surface area contributed by atoms with Gasteiger partial charge in [0.05, 0.1) is 5.56 Å². The number of furan rings is 1. The molecule has 0 spiro atoms. The second-order valence-corrected chi connectivity index (χ2v) is 3.91. The van der Waals surface area contributed by atoms with Crippen LogP contribution in [0.5, 0.6) is 0 Å². The Kier molecular flexibility index (Phi) is 2.71. The highest BCUT2D eigenvalue weighted by molar-refractivity contribution is 6.31. The Hall–Kier alpha value is -1.74. The molecule has 0 aliphatic carbocycles. The van der Waals surface area contributed by atoms with E-state index in [0.717, 1.165) is 0 Å². The molecule has 2 N–H and O–H groups in total. The van der Waals surface area contributed by atoms with Gasteiger partial charge in [-0.1, -0.05) is 11.6 Å². The van der Waals surface area contributed by atoms with Crippen LogP contribution in [0.1, 0.15) is 21.9 Å². The quantitative estimate of drug-likeness (QED) is 0.643. The summed E-state index contributed by atoms with van der Waals surface area (Å²) in [6.45, 7) is 1.78. The van der Waals surface area contributed by atoms with Gasteiger partial charge in [0.1, 0.15) is 5.76 Å². The average molecular weight is 236 g/mol. The van der Waals surface area contributed by atoms with Crippen LogP contribution in [0.2, 0.25) is 5.02 Å². The third kappa shape index (κ3) is 1.95. The van der Waals surface area contributed by atoms with E-state index < -0.39 is 0 Å². The lowest BCUT2D eigenvalue weighted by molar-refractivity contribution is 0.101. The van der Waals surface area contributed by atoms with Gasteiger partial charge >= 0.3 is 0 Å². The highest BCUT2D eigenvalue weighted by atomic mass is 35.5. The number of aryl methyl sites for hydroxylation is 1. The summed E-state index contributed by atoms with van der Waals surface area (Å²) < 4.78 is 5.25. The molecule has 0 atom stereocenters. The van der Waals surface area contributed by atoms with Crippen molar-refractivity contribution < 1.29 is 9.21 Å². The van der Waals surface area contributed by atoms with Gasteiger partial charge in [-0.25, -0.2) is 0 Å². The van der Waals surface area contributed by atoms with E-state index in [1.54, 1.807) is 31.2 Å². The number of rotatable bonds is 2. The van der Waals surface area contributed by atoms with E-state index in [1.165, 1.54) is 6.07 Å². The molecule has 0 saturated carbocycles. The van der Waals surface area contributed by atoms with Crippen molar-refractivity contribution in [1.82, 2.24) is 0 Å². The average Bonchev–Trinajstić information content (AvgIpc) is 2.67. The summed E-state index contributed by atoms with van der Waals surface area (Å²) in [5.41, 5.74) is 6.47. The SMILES string of the molecule is Cc1ccc(C(=O)c2cc(Cl)ccc2N)o1. The first-order valence-corrected chi connectivity index (χ1v) is 5.12. The monoisotopic (exact) mass is 235 g/mol. The molecule has 0 aliphatic rings. The van der Waals surface area contributed by atoms with Gasteiger partial charge in [0.15, 0.2) is 5.76 Å². The summed E-state index contributed by atoms with van der Waals surface area (Å²) >= 11 is 5.82. The lowest BCUT2D eigenvalue weighted by atomic mass is 10.1. The predicted molar refractivity (Wildman–Crippen MR) is 62.7 cm³/mol. The van der Waals surface area contributed by atoms with Gasteiger partial charge in [-0.05, 0) is 37.3 Å². The number of ketones is 1. The van der Waals surface area contributed by atoms with Crippen molar-refractivity contribution in [2.75, 3.05) is 5.73 Å². The number of carbonyl (C=O) groups is 1. The highest BCUT2D eigenvalue weighted by Gasteiger charge is 2.15. The van der Waals surface area contributed by atoms with Crippen molar-refractivity contribution in [1.29, 1.82) is 0 Å². The maximum Gasteiger partial charge on any atom is 0.230 e. The molecular weight excluding hydrogens is 226 g/mol. The lowest BCUT2D eigenvalue weighted by Crippen LogP contribution is -2.04. The fraction of sp³-hybridized carbons (Fsp3) is 0.0833. The molecule has 0 radical (unpaired) electrons. The zero-order valence-corrected chi connectivity index (χ0v) is 9.41. The maximum absolute atomic E-state index is 12.0. The topological polar surface area (TPSA) is 56.2 Å². The molecule has 0 saturated heterocycles. The molecule has 0 fully saturated rings. The number of anilines is 1. The van der Waals surface area contributed by atoms with Gasteiger partial charge in [-0.3, -0.25) is 4.79 Å². The first kappa shape index (κ1) is 10.8. The Balaban J connectivity index is 2.45. The van der Waals surface area contributed by atoms with Crippen molar-refractivity contribution in [3.63, 3.8) is 0 Å². The number of halogens is 1. The van der Waals surface area contributed by atoms with Crippen molar-refractivity contribution in [3.05, 3.63) is 52.4 Å². The molecule has 3 nitrogen and oxygen atoms in total. The summed E-state index contributed by atoms with van der Waals surface area (Å²) in [7, 11) is 0. The third-order valence-electron chi connectivity index (χ3n) is 2.22. The summed E-state index contributed by atoms with van der Waals surface area (Å²) in [6, 6.07) is 8.13. The van der Waals surface area contributed by atoms with E-state index in [1.807, 2.05) is 0 Å². The lowest BCUT2D eigenvalue weighted by Gasteiger charge is -2.02. The Bertz CT molecular complexity index is 546. The molecule has 1 heterocycles. The van der Waals surface area contributed by atoms with Crippen LogP contribution in [0.15, 0.2) is 34.7 Å². The smallest absolute Gasteiger partial charge is 0.230 e. The molecule has 0 aliphatic heterocycles. The minimum Gasteiger partial charge on any atom is -0.458 e. The molecular formula is C12H10ClNO2. The van der Waals surface area contributed by atoms with Gasteiger partial charge in [0.2, 0.25) is 5.78 Å². The normalized spacial score (nSPS) is 10.4. The van der Waals surface area contributed by atoms with Gasteiger partial charge < -0.3 is 10.2 Å². The van der Waals surface area contributed by atoms with Crippen LogP contribution in [-0.2, 0) is 0 Å². The molecule has 1 aromatic carbocycles. The van der Waals surface area contributed by atoms with Crippen molar-refractivity contribution >= 4 is 23.1 Å². The van der Waals surface area contributed by atoms with Crippen LogP contribution in [0.25, 0.3) is 0 Å². The summed E-state index contributed by atoms with van der Waals surface area (Å²) in [6.07, 6.45) is 0. The van der Waals surface area contributed by atoms with Crippen molar-refractivity contribution in [2.24, 2.45) is 0 Å². The fourth-order valence-electron chi connectivity index (χ4n) is 1.41. The van der Waals surface area contributed by atoms with E-state index in [2.05, 4.69) is 0 Å². The van der Waals surface area contributed by atoms with Crippen LogP contribution in [-0.4, -0.2) is 5.78 Å². The highest BCUT2D eigenvalue weighted by Crippen LogP contribution is 2.21. The minimum atomic E-state index is -0.256. The summed E-state index contributed by atoms with van der Waals surface area (Å²) in [5.74, 6) is 0.698. The zero-order chi connectivity index (χ0) is 11.7. The molecule has 0 unspecified atom stereocenters. The summed E-state index contributed by atoms with van der Waals surface area (Å²) in [4.78, 5) is 12.0. The molecule has 82 valence electrons.